The summed E-state index contributed by atoms with van der Waals surface area (Å²) in [6, 6.07) is 2.95. The second-order valence-electron chi connectivity index (χ2n) is 4.75. The van der Waals surface area contributed by atoms with Crippen molar-refractivity contribution in [3.8, 4) is 11.6 Å². The molecule has 0 aromatic carbocycles. The second-order valence-corrected chi connectivity index (χ2v) is 4.75. The number of hydrogen-bond acceptors (Lipinski definition) is 4. The summed E-state index contributed by atoms with van der Waals surface area (Å²) in [6.07, 6.45) is -4.61. The van der Waals surface area contributed by atoms with Crippen LogP contribution >= 0.6 is 0 Å². The lowest BCUT2D eigenvalue weighted by Gasteiger charge is -2.27. The van der Waals surface area contributed by atoms with Gasteiger partial charge in [-0.15, -0.1) is 0 Å². The van der Waals surface area contributed by atoms with Crippen LogP contribution in [0.5, 0.6) is 0 Å². The van der Waals surface area contributed by atoms with Crippen molar-refractivity contribution >= 4 is 6.09 Å². The fraction of sp³-hybridized carbons (Fsp3) is 0.308. The predicted octanol–water partition coefficient (Wildman–Crippen LogP) is 2.79. The molecule has 3 heterocycles. The summed E-state index contributed by atoms with van der Waals surface area (Å²) >= 11 is 0. The molecule has 0 saturated heterocycles. The molecule has 1 aliphatic heterocycles. The molecule has 1 aliphatic rings. The highest BCUT2D eigenvalue weighted by molar-refractivity contribution is 5.65. The molecule has 3 rings (SSSR count). The van der Waals surface area contributed by atoms with Crippen molar-refractivity contribution in [2.45, 2.75) is 19.1 Å². The molecule has 6 nitrogen and oxygen atoms in total. The molecule has 0 fully saturated rings. The van der Waals surface area contributed by atoms with Gasteiger partial charge in [0, 0.05) is 12.1 Å². The Morgan fingerprint density at radius 3 is 2.73 bits per heavy atom. The zero-order chi connectivity index (χ0) is 15.9. The average Bonchev–Trinajstić information content (AvgIpc) is 2.98. The number of alkyl halides is 3. The lowest BCUT2D eigenvalue weighted by Crippen LogP contribution is -2.36. The molecule has 2 aromatic heterocycles. The molecule has 1 N–H and O–H groups in total. The first-order chi connectivity index (χ1) is 10.4. The third kappa shape index (κ3) is 2.49. The van der Waals surface area contributed by atoms with Gasteiger partial charge in [0.05, 0.1) is 18.5 Å². The minimum Gasteiger partial charge on any atom is -0.465 e. The number of aromatic nitrogens is 2. The van der Waals surface area contributed by atoms with Crippen molar-refractivity contribution < 1.29 is 27.5 Å². The van der Waals surface area contributed by atoms with Gasteiger partial charge in [0.1, 0.15) is 0 Å². The van der Waals surface area contributed by atoms with Gasteiger partial charge in [-0.25, -0.2) is 14.8 Å². The molecule has 0 saturated carbocycles. The number of fused-ring (bicyclic) bond motifs is 1. The molecule has 22 heavy (non-hydrogen) atoms. The van der Waals surface area contributed by atoms with E-state index in [1.807, 2.05) is 0 Å². The van der Waals surface area contributed by atoms with Crippen LogP contribution in [0.3, 0.4) is 0 Å². The van der Waals surface area contributed by atoms with E-state index < -0.39 is 18.0 Å². The first kappa shape index (κ1) is 14.4. The molecule has 0 bridgehead atoms. The van der Waals surface area contributed by atoms with Crippen molar-refractivity contribution in [3.05, 3.63) is 35.3 Å². The number of amides is 1. The molecular formula is C13H10F3N3O3. The molecule has 9 heteroatoms. The number of hydrogen-bond donors (Lipinski definition) is 1. The summed E-state index contributed by atoms with van der Waals surface area (Å²) in [5.74, 6) is -0.107. The Bertz CT molecular complexity index is 713. The Labute approximate surface area is 122 Å². The van der Waals surface area contributed by atoms with Gasteiger partial charge in [0.2, 0.25) is 0 Å². The van der Waals surface area contributed by atoms with Gasteiger partial charge in [0.15, 0.2) is 17.3 Å². The highest BCUT2D eigenvalue weighted by Gasteiger charge is 2.39. The molecular weight excluding hydrogens is 303 g/mol. The first-order valence-electron chi connectivity index (χ1n) is 6.35. The number of nitrogens with zero attached hydrogens (tertiary/aromatic N) is 3. The van der Waals surface area contributed by atoms with E-state index in [0.717, 1.165) is 4.90 Å². The molecule has 0 aliphatic carbocycles. The summed E-state index contributed by atoms with van der Waals surface area (Å²) in [4.78, 5) is 19.6. The van der Waals surface area contributed by atoms with Gasteiger partial charge in [-0.2, -0.15) is 13.2 Å². The van der Waals surface area contributed by atoms with Crippen LogP contribution in [0, 0.1) is 0 Å². The SMILES string of the molecule is O=C(O)N1CCc2c(nc(-c3ccco3)nc2C(F)(F)F)C1. The molecule has 0 atom stereocenters. The molecule has 2 aromatic rings. The van der Waals surface area contributed by atoms with E-state index in [2.05, 4.69) is 9.97 Å². The normalized spacial score (nSPS) is 14.8. The smallest absolute Gasteiger partial charge is 0.433 e. The number of rotatable bonds is 1. The Morgan fingerprint density at radius 2 is 2.14 bits per heavy atom. The van der Waals surface area contributed by atoms with E-state index in [-0.39, 0.29) is 42.4 Å². The summed E-state index contributed by atoms with van der Waals surface area (Å²) < 4.78 is 44.6. The number of furan rings is 1. The van der Waals surface area contributed by atoms with Crippen molar-refractivity contribution in [3.63, 3.8) is 0 Å². The van der Waals surface area contributed by atoms with E-state index in [0.29, 0.717) is 0 Å². The van der Waals surface area contributed by atoms with Crippen molar-refractivity contribution in [2.75, 3.05) is 6.54 Å². The summed E-state index contributed by atoms with van der Waals surface area (Å²) in [5.41, 5.74) is -1.03. The zero-order valence-electron chi connectivity index (χ0n) is 11.1. The Balaban J connectivity index is 2.14. The van der Waals surface area contributed by atoms with Gasteiger partial charge in [-0.1, -0.05) is 0 Å². The monoisotopic (exact) mass is 313 g/mol. The van der Waals surface area contributed by atoms with E-state index in [9.17, 15) is 18.0 Å². The van der Waals surface area contributed by atoms with Crippen LogP contribution in [0.25, 0.3) is 11.6 Å². The van der Waals surface area contributed by atoms with Crippen molar-refractivity contribution in [1.82, 2.24) is 14.9 Å². The van der Waals surface area contributed by atoms with Crippen LogP contribution in [0.2, 0.25) is 0 Å². The Kier molecular flexibility index (Phi) is 3.27. The van der Waals surface area contributed by atoms with Crippen LogP contribution in [0.15, 0.2) is 22.8 Å². The van der Waals surface area contributed by atoms with Gasteiger partial charge < -0.3 is 14.4 Å². The fourth-order valence-corrected chi connectivity index (χ4v) is 2.34. The average molecular weight is 313 g/mol. The van der Waals surface area contributed by atoms with Gasteiger partial charge >= 0.3 is 12.3 Å². The molecule has 0 spiro atoms. The Hall–Kier alpha value is -2.58. The number of halogens is 3. The highest BCUT2D eigenvalue weighted by Crippen LogP contribution is 2.35. The minimum atomic E-state index is -4.64. The standard InChI is InChI=1S/C13H10F3N3O3/c14-13(15,16)10-7-3-4-19(12(20)21)6-8(7)17-11(18-10)9-2-1-5-22-9/h1-2,5H,3-4,6H2,(H,20,21). The lowest BCUT2D eigenvalue weighted by atomic mass is 10.0. The third-order valence-electron chi connectivity index (χ3n) is 3.35. The highest BCUT2D eigenvalue weighted by atomic mass is 19.4. The number of carbonyl (C=O) groups is 1. The minimum absolute atomic E-state index is 0.0190. The maximum Gasteiger partial charge on any atom is 0.433 e. The van der Waals surface area contributed by atoms with Crippen LogP contribution in [0.1, 0.15) is 17.0 Å². The number of carboxylic acid groups (broad SMARTS) is 1. The summed E-state index contributed by atoms with van der Waals surface area (Å²) in [5, 5.41) is 8.99. The molecule has 0 radical (unpaired) electrons. The van der Waals surface area contributed by atoms with Crippen LogP contribution < -0.4 is 0 Å². The third-order valence-corrected chi connectivity index (χ3v) is 3.35. The van der Waals surface area contributed by atoms with Crippen molar-refractivity contribution in [2.24, 2.45) is 0 Å². The van der Waals surface area contributed by atoms with E-state index >= 15 is 0 Å². The van der Waals surface area contributed by atoms with Gasteiger partial charge in [-0.05, 0) is 18.6 Å². The summed E-state index contributed by atoms with van der Waals surface area (Å²) in [6.45, 7) is -0.223. The van der Waals surface area contributed by atoms with Crippen LogP contribution in [-0.2, 0) is 19.1 Å². The van der Waals surface area contributed by atoms with E-state index in [1.54, 1.807) is 0 Å². The van der Waals surface area contributed by atoms with Crippen molar-refractivity contribution in [1.29, 1.82) is 0 Å². The van der Waals surface area contributed by atoms with Gasteiger partial charge in [-0.3, -0.25) is 0 Å². The van der Waals surface area contributed by atoms with E-state index in [4.69, 9.17) is 9.52 Å². The largest absolute Gasteiger partial charge is 0.465 e. The quantitative estimate of drug-likeness (QED) is 0.875. The maximum absolute atomic E-state index is 13.2. The molecule has 0 unspecified atom stereocenters. The molecule has 1 amide bonds. The topological polar surface area (TPSA) is 79.5 Å². The Morgan fingerprint density at radius 1 is 1.36 bits per heavy atom. The first-order valence-corrected chi connectivity index (χ1v) is 6.35. The summed E-state index contributed by atoms with van der Waals surface area (Å²) in [7, 11) is 0. The fourth-order valence-electron chi connectivity index (χ4n) is 2.34. The predicted molar refractivity (Wildman–Crippen MR) is 66.9 cm³/mol. The zero-order valence-corrected chi connectivity index (χ0v) is 11.1. The maximum atomic E-state index is 13.2. The van der Waals surface area contributed by atoms with E-state index in [1.165, 1.54) is 18.4 Å². The molecule has 116 valence electrons. The van der Waals surface area contributed by atoms with Gasteiger partial charge in [0.25, 0.3) is 0 Å². The van der Waals surface area contributed by atoms with Crippen LogP contribution in [-0.4, -0.2) is 32.6 Å². The lowest BCUT2D eigenvalue weighted by molar-refractivity contribution is -0.142. The van der Waals surface area contributed by atoms with Crippen LogP contribution in [0.4, 0.5) is 18.0 Å². The second kappa shape index (κ2) is 5.00.